The Morgan fingerprint density at radius 1 is 1.00 bits per heavy atom. The standard InChI is InChI=1S/C14H10.C5H11NO2S/c1-3-7-13-11(5-1)9-10-12-6-2-4-8-14(12)13;1-9-3-2-4(6)5(7)8/h1-10H;4H,2-3,6H2,1H3,(H,7,8). The largest absolute Gasteiger partial charge is 0.480 e. The molecule has 3 N–H and O–H groups in total. The zero-order chi connectivity index (χ0) is 16.7. The summed E-state index contributed by atoms with van der Waals surface area (Å²) in [5.41, 5.74) is 5.19. The SMILES string of the molecule is CSCCC(N)C(=O)O.c1ccc2c(c1)ccc1ccccc12. The van der Waals surface area contributed by atoms with Crippen molar-refractivity contribution in [2.45, 2.75) is 12.5 Å². The number of aliphatic carboxylic acids is 1. The molecule has 0 fully saturated rings. The van der Waals surface area contributed by atoms with E-state index in [0.717, 1.165) is 5.75 Å². The number of carboxylic acid groups (broad SMARTS) is 1. The molecule has 1 atom stereocenters. The Morgan fingerprint density at radius 2 is 1.48 bits per heavy atom. The lowest BCUT2D eigenvalue weighted by Gasteiger charge is -2.02. The fraction of sp³-hybridized carbons (Fsp3) is 0.211. The van der Waals surface area contributed by atoms with Gasteiger partial charge in [0.1, 0.15) is 6.04 Å². The highest BCUT2D eigenvalue weighted by atomic mass is 32.2. The molecule has 3 rings (SSSR count). The number of fused-ring (bicyclic) bond motifs is 3. The van der Waals surface area contributed by atoms with Gasteiger partial charge in [0.25, 0.3) is 0 Å². The van der Waals surface area contributed by atoms with E-state index in [1.807, 2.05) is 6.26 Å². The van der Waals surface area contributed by atoms with E-state index >= 15 is 0 Å². The maximum absolute atomic E-state index is 10.1. The molecule has 3 nitrogen and oxygen atoms in total. The first kappa shape index (κ1) is 17.3. The quantitative estimate of drug-likeness (QED) is 0.707. The third kappa shape index (κ3) is 4.71. The molecule has 0 bridgehead atoms. The zero-order valence-corrected chi connectivity index (χ0v) is 13.9. The molecule has 1 unspecified atom stereocenters. The van der Waals surface area contributed by atoms with Crippen molar-refractivity contribution < 1.29 is 9.90 Å². The van der Waals surface area contributed by atoms with Crippen LogP contribution in [0.5, 0.6) is 0 Å². The maximum Gasteiger partial charge on any atom is 0.320 e. The summed E-state index contributed by atoms with van der Waals surface area (Å²) in [6.45, 7) is 0. The average Bonchev–Trinajstić information content (AvgIpc) is 2.60. The van der Waals surface area contributed by atoms with Gasteiger partial charge >= 0.3 is 5.97 Å². The van der Waals surface area contributed by atoms with Gasteiger partial charge in [0.15, 0.2) is 0 Å². The van der Waals surface area contributed by atoms with Crippen LogP contribution in [0.1, 0.15) is 6.42 Å². The average molecular weight is 327 g/mol. The first-order chi connectivity index (χ1) is 11.1. The van der Waals surface area contributed by atoms with Crippen LogP contribution < -0.4 is 5.73 Å². The van der Waals surface area contributed by atoms with Crippen LogP contribution in [0.3, 0.4) is 0 Å². The van der Waals surface area contributed by atoms with Crippen LogP contribution in [-0.4, -0.2) is 29.1 Å². The predicted octanol–water partition coefficient (Wildman–Crippen LogP) is 4.14. The second kappa shape index (κ2) is 8.56. The second-order valence-corrected chi connectivity index (χ2v) is 6.22. The van der Waals surface area contributed by atoms with Crippen LogP contribution in [0.15, 0.2) is 60.7 Å². The van der Waals surface area contributed by atoms with Gasteiger partial charge < -0.3 is 10.8 Å². The molecule has 23 heavy (non-hydrogen) atoms. The molecule has 0 spiro atoms. The van der Waals surface area contributed by atoms with E-state index in [4.69, 9.17) is 10.8 Å². The van der Waals surface area contributed by atoms with Crippen LogP contribution in [0.4, 0.5) is 0 Å². The molecule has 0 saturated carbocycles. The van der Waals surface area contributed by atoms with E-state index in [0.29, 0.717) is 6.42 Å². The lowest BCUT2D eigenvalue weighted by molar-refractivity contribution is -0.138. The van der Waals surface area contributed by atoms with E-state index in [1.54, 1.807) is 11.8 Å². The molecule has 0 radical (unpaired) electrons. The first-order valence-electron chi connectivity index (χ1n) is 7.47. The Hall–Kier alpha value is -2.04. The number of carboxylic acids is 1. The third-order valence-electron chi connectivity index (χ3n) is 3.60. The summed E-state index contributed by atoms with van der Waals surface area (Å²) in [4.78, 5) is 10.1. The van der Waals surface area contributed by atoms with E-state index in [-0.39, 0.29) is 0 Å². The van der Waals surface area contributed by atoms with Crippen LogP contribution in [-0.2, 0) is 4.79 Å². The summed E-state index contributed by atoms with van der Waals surface area (Å²) < 4.78 is 0. The fourth-order valence-electron chi connectivity index (χ4n) is 2.32. The third-order valence-corrected chi connectivity index (χ3v) is 4.25. The number of benzene rings is 3. The minimum Gasteiger partial charge on any atom is -0.480 e. The van der Waals surface area contributed by atoms with Crippen LogP contribution >= 0.6 is 11.8 Å². The van der Waals surface area contributed by atoms with Crippen molar-refractivity contribution in [3.63, 3.8) is 0 Å². The normalized spacial score (nSPS) is 11.7. The first-order valence-corrected chi connectivity index (χ1v) is 8.86. The Labute approximate surface area is 140 Å². The van der Waals surface area contributed by atoms with Crippen molar-refractivity contribution in [1.29, 1.82) is 0 Å². The fourth-order valence-corrected chi connectivity index (χ4v) is 2.81. The monoisotopic (exact) mass is 327 g/mol. The molecule has 0 aromatic heterocycles. The maximum atomic E-state index is 10.1. The lowest BCUT2D eigenvalue weighted by atomic mass is 10.0. The van der Waals surface area contributed by atoms with Crippen LogP contribution in [0.25, 0.3) is 21.5 Å². The zero-order valence-electron chi connectivity index (χ0n) is 13.1. The van der Waals surface area contributed by atoms with Gasteiger partial charge in [-0.05, 0) is 40.0 Å². The minimum absolute atomic E-state index is 0.552. The molecule has 0 saturated heterocycles. The Kier molecular flexibility index (Phi) is 6.44. The van der Waals surface area contributed by atoms with Gasteiger partial charge in [-0.15, -0.1) is 0 Å². The molecule has 3 aromatic carbocycles. The van der Waals surface area contributed by atoms with Crippen molar-refractivity contribution in [3.05, 3.63) is 60.7 Å². The van der Waals surface area contributed by atoms with Gasteiger partial charge in [-0.25, -0.2) is 0 Å². The van der Waals surface area contributed by atoms with Crippen molar-refractivity contribution in [2.75, 3.05) is 12.0 Å². The summed E-state index contributed by atoms with van der Waals surface area (Å²) in [6, 6.07) is 20.7. The molecule has 0 aliphatic rings. The summed E-state index contributed by atoms with van der Waals surface area (Å²) >= 11 is 1.60. The van der Waals surface area contributed by atoms with Gasteiger partial charge in [0, 0.05) is 0 Å². The highest BCUT2D eigenvalue weighted by Crippen LogP contribution is 2.24. The Balaban J connectivity index is 0.000000188. The Morgan fingerprint density at radius 3 is 1.91 bits per heavy atom. The molecule has 0 amide bonds. The second-order valence-electron chi connectivity index (χ2n) is 5.23. The van der Waals surface area contributed by atoms with Crippen molar-refractivity contribution in [3.8, 4) is 0 Å². The minimum atomic E-state index is -0.913. The van der Waals surface area contributed by atoms with E-state index in [9.17, 15) is 4.79 Å². The van der Waals surface area contributed by atoms with Crippen molar-refractivity contribution >= 4 is 39.3 Å². The number of rotatable bonds is 4. The number of nitrogens with two attached hydrogens (primary N) is 1. The topological polar surface area (TPSA) is 63.3 Å². The molecular weight excluding hydrogens is 306 g/mol. The molecular formula is C19H21NO2S. The summed E-state index contributed by atoms with van der Waals surface area (Å²) in [7, 11) is 0. The van der Waals surface area contributed by atoms with Gasteiger partial charge in [0.2, 0.25) is 0 Å². The molecule has 0 aliphatic carbocycles. The van der Waals surface area contributed by atoms with E-state index in [1.165, 1.54) is 21.5 Å². The summed E-state index contributed by atoms with van der Waals surface area (Å²) in [6.07, 6.45) is 2.48. The number of thioether (sulfide) groups is 1. The molecule has 120 valence electrons. The van der Waals surface area contributed by atoms with E-state index < -0.39 is 12.0 Å². The smallest absolute Gasteiger partial charge is 0.320 e. The van der Waals surface area contributed by atoms with Gasteiger partial charge in [-0.2, -0.15) is 11.8 Å². The van der Waals surface area contributed by atoms with Crippen LogP contribution in [0.2, 0.25) is 0 Å². The lowest BCUT2D eigenvalue weighted by Crippen LogP contribution is -2.30. The highest BCUT2D eigenvalue weighted by molar-refractivity contribution is 7.98. The molecule has 0 heterocycles. The number of carbonyl (C=O) groups is 1. The van der Waals surface area contributed by atoms with Gasteiger partial charge in [-0.3, -0.25) is 4.79 Å². The molecule has 4 heteroatoms. The van der Waals surface area contributed by atoms with Gasteiger partial charge in [-0.1, -0.05) is 60.7 Å². The van der Waals surface area contributed by atoms with Crippen molar-refractivity contribution in [2.24, 2.45) is 5.73 Å². The summed E-state index contributed by atoms with van der Waals surface area (Å²) in [5, 5.41) is 13.6. The summed E-state index contributed by atoms with van der Waals surface area (Å²) in [5.74, 6) is -0.1000. The van der Waals surface area contributed by atoms with Crippen molar-refractivity contribution in [1.82, 2.24) is 0 Å². The number of hydrogen-bond donors (Lipinski definition) is 2. The highest BCUT2D eigenvalue weighted by Gasteiger charge is 2.08. The predicted molar refractivity (Wildman–Crippen MR) is 100 cm³/mol. The Bertz CT molecular complexity index is 734. The molecule has 0 aliphatic heterocycles. The molecule has 3 aromatic rings. The number of hydrogen-bond acceptors (Lipinski definition) is 3. The van der Waals surface area contributed by atoms with Crippen LogP contribution in [0, 0.1) is 0 Å². The van der Waals surface area contributed by atoms with Gasteiger partial charge in [0.05, 0.1) is 0 Å². The van der Waals surface area contributed by atoms with E-state index in [2.05, 4.69) is 60.7 Å².